The number of hydrogen-bond acceptors (Lipinski definition) is 3. The van der Waals surface area contributed by atoms with E-state index in [0.717, 1.165) is 35.1 Å². The molecule has 1 aliphatic heterocycles. The van der Waals surface area contributed by atoms with Crippen LogP contribution in [0.1, 0.15) is 51.0 Å². The molecule has 2 fully saturated rings. The zero-order chi connectivity index (χ0) is 18.7. The molecule has 1 aromatic rings. The molecule has 140 valence electrons. The van der Waals surface area contributed by atoms with Crippen LogP contribution in [0.5, 0.6) is 0 Å². The highest BCUT2D eigenvalue weighted by molar-refractivity contribution is 9.10. The van der Waals surface area contributed by atoms with E-state index in [-0.39, 0.29) is 18.5 Å². The van der Waals surface area contributed by atoms with E-state index in [1.165, 1.54) is 12.8 Å². The first-order chi connectivity index (χ1) is 12.4. The topological polar surface area (TPSA) is 78.5 Å². The highest BCUT2D eigenvalue weighted by Gasteiger charge is 2.49. The third-order valence-electron chi connectivity index (χ3n) is 5.20. The van der Waals surface area contributed by atoms with E-state index in [9.17, 15) is 14.4 Å². The van der Waals surface area contributed by atoms with Crippen molar-refractivity contribution < 1.29 is 14.4 Å². The minimum absolute atomic E-state index is 0.141. The van der Waals surface area contributed by atoms with E-state index in [1.54, 1.807) is 19.1 Å². The van der Waals surface area contributed by atoms with Gasteiger partial charge in [-0.15, -0.1) is 0 Å². The summed E-state index contributed by atoms with van der Waals surface area (Å²) in [5, 5.41) is 5.71. The van der Waals surface area contributed by atoms with Crippen LogP contribution in [0.3, 0.4) is 0 Å². The lowest BCUT2D eigenvalue weighted by Crippen LogP contribution is -2.45. The molecule has 2 N–H and O–H groups in total. The normalized spacial score (nSPS) is 24.3. The summed E-state index contributed by atoms with van der Waals surface area (Å²) in [6, 6.07) is 6.86. The van der Waals surface area contributed by atoms with Gasteiger partial charge in [0.05, 0.1) is 0 Å². The van der Waals surface area contributed by atoms with Gasteiger partial charge < -0.3 is 10.6 Å². The molecule has 26 heavy (non-hydrogen) atoms. The molecule has 1 aliphatic carbocycles. The zero-order valence-electron chi connectivity index (χ0n) is 14.9. The SMILES string of the molecule is CC1(c2cccc(Br)c2)NC(=O)N(CC(=O)NC2CCCCCC2)C1=O. The first-order valence-corrected chi connectivity index (χ1v) is 9.89. The van der Waals surface area contributed by atoms with Gasteiger partial charge in [-0.25, -0.2) is 4.79 Å². The Morgan fingerprint density at radius 3 is 2.62 bits per heavy atom. The zero-order valence-corrected chi connectivity index (χ0v) is 16.5. The summed E-state index contributed by atoms with van der Waals surface area (Å²) in [6.45, 7) is 1.42. The predicted octanol–water partition coefficient (Wildman–Crippen LogP) is 3.06. The van der Waals surface area contributed by atoms with Crippen LogP contribution >= 0.6 is 15.9 Å². The van der Waals surface area contributed by atoms with Gasteiger partial charge in [0, 0.05) is 10.5 Å². The monoisotopic (exact) mass is 421 g/mol. The van der Waals surface area contributed by atoms with Crippen LogP contribution in [-0.4, -0.2) is 35.3 Å². The number of urea groups is 1. The Morgan fingerprint density at radius 2 is 1.96 bits per heavy atom. The third kappa shape index (κ3) is 3.92. The Morgan fingerprint density at radius 1 is 1.27 bits per heavy atom. The summed E-state index contributed by atoms with van der Waals surface area (Å²) in [6.07, 6.45) is 6.53. The molecule has 1 unspecified atom stereocenters. The average molecular weight is 422 g/mol. The van der Waals surface area contributed by atoms with Gasteiger partial charge in [-0.2, -0.15) is 0 Å². The molecule has 1 saturated carbocycles. The molecule has 7 heteroatoms. The van der Waals surface area contributed by atoms with Crippen LogP contribution in [-0.2, 0) is 15.1 Å². The van der Waals surface area contributed by atoms with Gasteiger partial charge in [-0.1, -0.05) is 53.7 Å². The van der Waals surface area contributed by atoms with E-state index in [1.807, 2.05) is 12.1 Å². The Balaban J connectivity index is 1.68. The highest BCUT2D eigenvalue weighted by atomic mass is 79.9. The van der Waals surface area contributed by atoms with Crippen molar-refractivity contribution in [1.82, 2.24) is 15.5 Å². The number of carbonyl (C=O) groups excluding carboxylic acids is 3. The van der Waals surface area contributed by atoms with Gasteiger partial charge in [0.2, 0.25) is 5.91 Å². The maximum atomic E-state index is 12.9. The lowest BCUT2D eigenvalue weighted by molar-refractivity contribution is -0.135. The maximum absolute atomic E-state index is 12.9. The number of imide groups is 1. The summed E-state index contributed by atoms with van der Waals surface area (Å²) >= 11 is 3.38. The van der Waals surface area contributed by atoms with E-state index in [0.29, 0.717) is 5.56 Å². The fourth-order valence-electron chi connectivity index (χ4n) is 3.68. The molecule has 1 heterocycles. The number of hydrogen-bond donors (Lipinski definition) is 2. The molecule has 1 saturated heterocycles. The quantitative estimate of drug-likeness (QED) is 0.579. The van der Waals surface area contributed by atoms with E-state index >= 15 is 0 Å². The van der Waals surface area contributed by atoms with Crippen LogP contribution in [0.25, 0.3) is 0 Å². The van der Waals surface area contributed by atoms with Crippen LogP contribution in [0.2, 0.25) is 0 Å². The van der Waals surface area contributed by atoms with Gasteiger partial charge in [-0.3, -0.25) is 14.5 Å². The lowest BCUT2D eigenvalue weighted by atomic mass is 9.92. The summed E-state index contributed by atoms with van der Waals surface area (Å²) in [5.74, 6) is -0.685. The standard InChI is InChI=1S/C19H24BrN3O3/c1-19(13-7-6-8-14(20)11-13)17(25)23(18(26)22-19)12-16(24)21-15-9-4-2-3-5-10-15/h6-8,11,15H,2-5,9-10,12H2,1H3,(H,21,24)(H,22,26). The number of rotatable bonds is 4. The molecule has 0 radical (unpaired) electrons. The largest absolute Gasteiger partial charge is 0.352 e. The van der Waals surface area contributed by atoms with Crippen LogP contribution < -0.4 is 10.6 Å². The first kappa shape index (κ1) is 18.9. The number of amides is 4. The Kier molecular flexibility index (Phi) is 5.65. The average Bonchev–Trinajstić information content (AvgIpc) is 2.79. The minimum Gasteiger partial charge on any atom is -0.352 e. The van der Waals surface area contributed by atoms with E-state index < -0.39 is 17.5 Å². The second-order valence-electron chi connectivity index (χ2n) is 7.21. The second kappa shape index (κ2) is 7.78. The molecule has 0 aromatic heterocycles. The van der Waals surface area contributed by atoms with Crippen LogP contribution in [0, 0.1) is 0 Å². The number of benzene rings is 1. The van der Waals surface area contributed by atoms with Gasteiger partial charge in [0.25, 0.3) is 5.91 Å². The van der Waals surface area contributed by atoms with Crippen LogP contribution in [0.15, 0.2) is 28.7 Å². The molecule has 0 spiro atoms. The number of nitrogens with one attached hydrogen (secondary N) is 2. The van der Waals surface area contributed by atoms with E-state index in [4.69, 9.17) is 0 Å². The van der Waals surface area contributed by atoms with Gasteiger partial charge in [-0.05, 0) is 37.5 Å². The van der Waals surface area contributed by atoms with Crippen LogP contribution in [0.4, 0.5) is 4.79 Å². The summed E-state index contributed by atoms with van der Waals surface area (Å²) in [4.78, 5) is 38.6. The molecular weight excluding hydrogens is 398 g/mol. The smallest absolute Gasteiger partial charge is 0.325 e. The predicted molar refractivity (Wildman–Crippen MR) is 101 cm³/mol. The van der Waals surface area contributed by atoms with Crippen molar-refractivity contribution in [2.75, 3.05) is 6.54 Å². The molecule has 1 aromatic carbocycles. The minimum atomic E-state index is -1.16. The van der Waals surface area contributed by atoms with E-state index in [2.05, 4.69) is 26.6 Å². The van der Waals surface area contributed by atoms with Gasteiger partial charge in [0.1, 0.15) is 12.1 Å². The van der Waals surface area contributed by atoms with Gasteiger partial charge >= 0.3 is 6.03 Å². The molecular formula is C19H24BrN3O3. The first-order valence-electron chi connectivity index (χ1n) is 9.09. The van der Waals surface area contributed by atoms with Gasteiger partial charge in [0.15, 0.2) is 0 Å². The number of carbonyl (C=O) groups is 3. The summed E-state index contributed by atoms with van der Waals surface area (Å²) in [7, 11) is 0. The molecule has 2 aliphatic rings. The van der Waals surface area contributed by atoms with Crippen molar-refractivity contribution in [3.8, 4) is 0 Å². The second-order valence-corrected chi connectivity index (χ2v) is 8.13. The lowest BCUT2D eigenvalue weighted by Gasteiger charge is -2.23. The fraction of sp³-hybridized carbons (Fsp3) is 0.526. The van der Waals surface area contributed by atoms with Crippen molar-refractivity contribution in [2.24, 2.45) is 0 Å². The number of halogens is 1. The molecule has 0 bridgehead atoms. The summed E-state index contributed by atoms with van der Waals surface area (Å²) < 4.78 is 0.822. The maximum Gasteiger partial charge on any atom is 0.325 e. The third-order valence-corrected chi connectivity index (χ3v) is 5.69. The van der Waals surface area contributed by atoms with Crippen molar-refractivity contribution in [3.05, 3.63) is 34.3 Å². The van der Waals surface area contributed by atoms with Crippen molar-refractivity contribution in [1.29, 1.82) is 0 Å². The van der Waals surface area contributed by atoms with Crippen molar-refractivity contribution in [2.45, 2.75) is 57.0 Å². The molecule has 1 atom stereocenters. The van der Waals surface area contributed by atoms with Crippen molar-refractivity contribution in [3.63, 3.8) is 0 Å². The fourth-order valence-corrected chi connectivity index (χ4v) is 4.08. The Labute approximate surface area is 161 Å². The number of nitrogens with zero attached hydrogens (tertiary/aromatic N) is 1. The molecule has 4 amide bonds. The van der Waals surface area contributed by atoms with Crippen molar-refractivity contribution >= 4 is 33.8 Å². The molecule has 3 rings (SSSR count). The molecule has 6 nitrogen and oxygen atoms in total. The Bertz CT molecular complexity index is 716. The summed E-state index contributed by atoms with van der Waals surface area (Å²) in [5.41, 5.74) is -0.486. The Hall–Kier alpha value is -1.89. The highest BCUT2D eigenvalue weighted by Crippen LogP contribution is 2.30.